The first-order valence-electron chi connectivity index (χ1n) is 12.1. The van der Waals surface area contributed by atoms with Crippen molar-refractivity contribution >= 4 is 23.6 Å². The zero-order valence-corrected chi connectivity index (χ0v) is 19.4. The number of carbonyl (C=O) groups is 4. The molecule has 4 amide bonds. The highest BCUT2D eigenvalue weighted by Gasteiger charge is 2.46. The third-order valence-electron chi connectivity index (χ3n) is 6.63. The molecule has 4 rings (SSSR count). The van der Waals surface area contributed by atoms with Crippen molar-refractivity contribution in [1.29, 1.82) is 0 Å². The molecule has 2 aliphatic rings. The Morgan fingerprint density at radius 3 is 2.26 bits per heavy atom. The first-order chi connectivity index (χ1) is 16.5. The molecular weight excluding hydrogens is 430 g/mol. The van der Waals surface area contributed by atoms with Crippen molar-refractivity contribution < 1.29 is 19.2 Å². The lowest BCUT2D eigenvalue weighted by Crippen LogP contribution is -2.55. The lowest BCUT2D eigenvalue weighted by molar-refractivity contribution is -0.152. The van der Waals surface area contributed by atoms with E-state index in [1.807, 2.05) is 36.4 Å². The van der Waals surface area contributed by atoms with Gasteiger partial charge in [0.2, 0.25) is 5.91 Å². The molecule has 0 spiro atoms. The Balaban J connectivity index is 1.45. The van der Waals surface area contributed by atoms with Crippen LogP contribution in [0.25, 0.3) is 0 Å². The van der Waals surface area contributed by atoms with Gasteiger partial charge < -0.3 is 5.73 Å². The van der Waals surface area contributed by atoms with Crippen LogP contribution >= 0.6 is 0 Å². The van der Waals surface area contributed by atoms with Gasteiger partial charge >= 0.3 is 0 Å². The van der Waals surface area contributed by atoms with Gasteiger partial charge in [0.1, 0.15) is 6.04 Å². The summed E-state index contributed by atoms with van der Waals surface area (Å²) in [4.78, 5) is 54.3. The van der Waals surface area contributed by atoms with Crippen LogP contribution in [0.3, 0.4) is 0 Å². The van der Waals surface area contributed by atoms with Crippen molar-refractivity contribution in [3.63, 3.8) is 0 Å². The van der Waals surface area contributed by atoms with Crippen LogP contribution in [0.15, 0.2) is 48.5 Å². The van der Waals surface area contributed by atoms with Crippen LogP contribution < -0.4 is 5.73 Å². The van der Waals surface area contributed by atoms with Gasteiger partial charge in [-0.15, -0.1) is 0 Å². The molecule has 7 heteroatoms. The molecule has 2 N–H and O–H groups in total. The number of nitrogens with two attached hydrogens (primary N) is 1. The number of nitrogens with zero attached hydrogens (tertiary/aromatic N) is 2. The monoisotopic (exact) mass is 461 g/mol. The van der Waals surface area contributed by atoms with Gasteiger partial charge in [-0.2, -0.15) is 0 Å². The second kappa shape index (κ2) is 10.7. The second-order valence-electron chi connectivity index (χ2n) is 9.02. The molecule has 2 aromatic rings. The van der Waals surface area contributed by atoms with E-state index in [1.165, 1.54) is 4.90 Å². The number of rotatable bonds is 10. The molecule has 1 fully saturated rings. The zero-order chi connectivity index (χ0) is 24.1. The summed E-state index contributed by atoms with van der Waals surface area (Å²) < 4.78 is 0. The van der Waals surface area contributed by atoms with Gasteiger partial charge in [0.15, 0.2) is 0 Å². The van der Waals surface area contributed by atoms with Crippen molar-refractivity contribution in [3.05, 3.63) is 70.8 Å². The molecular formula is C27H31N3O4. The van der Waals surface area contributed by atoms with Crippen LogP contribution in [0.1, 0.15) is 76.8 Å². The number of hydrogen-bond donors (Lipinski definition) is 1. The summed E-state index contributed by atoms with van der Waals surface area (Å²) in [6, 6.07) is 13.6. The van der Waals surface area contributed by atoms with Gasteiger partial charge in [-0.3, -0.25) is 29.0 Å². The minimum Gasteiger partial charge on any atom is -0.330 e. The number of piperidine rings is 1. The van der Waals surface area contributed by atoms with Crippen molar-refractivity contribution in [2.45, 2.75) is 64.0 Å². The summed E-state index contributed by atoms with van der Waals surface area (Å²) in [6.45, 7) is 0.854. The van der Waals surface area contributed by atoms with Crippen LogP contribution in [-0.4, -0.2) is 46.0 Å². The molecule has 2 heterocycles. The predicted molar refractivity (Wildman–Crippen MR) is 128 cm³/mol. The van der Waals surface area contributed by atoms with Crippen LogP contribution in [0.2, 0.25) is 0 Å². The quantitative estimate of drug-likeness (QED) is 0.431. The standard InChI is InChI=1S/C27H31N3O4/c28-16-8-3-1-2-5-9-19-12-13-21-22(17-19)26(33)30(25(21)32)23-14-15-24(31)29(27(23)34)18-20-10-6-4-7-11-20/h4,6-7,10-13,17,23H,1-3,5,8-9,14-16,18,28H2. The normalized spacial score (nSPS) is 18.1. The SMILES string of the molecule is NCCCCCCCc1ccc2c(c1)C(=O)N(C1CCC(=O)N(Cc3ccccc3)C1=O)C2=O. The van der Waals surface area contributed by atoms with E-state index >= 15 is 0 Å². The van der Waals surface area contributed by atoms with Gasteiger partial charge in [-0.05, 0) is 55.5 Å². The fourth-order valence-electron chi connectivity index (χ4n) is 4.74. The lowest BCUT2D eigenvalue weighted by atomic mass is 10.0. The summed E-state index contributed by atoms with van der Waals surface area (Å²) in [5.41, 5.74) is 8.04. The minimum atomic E-state index is -0.959. The number of carbonyl (C=O) groups excluding carboxylic acids is 4. The Bertz CT molecular complexity index is 1080. The van der Waals surface area contributed by atoms with Crippen molar-refractivity contribution in [2.75, 3.05) is 6.54 Å². The molecule has 1 saturated heterocycles. The molecule has 0 aliphatic carbocycles. The molecule has 2 aliphatic heterocycles. The smallest absolute Gasteiger partial charge is 0.262 e. The van der Waals surface area contributed by atoms with Crippen LogP contribution in [0, 0.1) is 0 Å². The maximum absolute atomic E-state index is 13.2. The zero-order valence-electron chi connectivity index (χ0n) is 19.4. The molecule has 2 aromatic carbocycles. The summed E-state index contributed by atoms with van der Waals surface area (Å²) in [7, 11) is 0. The number of hydrogen-bond acceptors (Lipinski definition) is 5. The summed E-state index contributed by atoms with van der Waals surface area (Å²) in [6.07, 6.45) is 6.51. The fourth-order valence-corrected chi connectivity index (χ4v) is 4.74. The Morgan fingerprint density at radius 1 is 0.794 bits per heavy atom. The van der Waals surface area contributed by atoms with Crippen LogP contribution in [0.5, 0.6) is 0 Å². The van der Waals surface area contributed by atoms with Crippen LogP contribution in [-0.2, 0) is 22.6 Å². The first-order valence-corrected chi connectivity index (χ1v) is 12.1. The minimum absolute atomic E-state index is 0.117. The molecule has 0 aromatic heterocycles. The molecule has 1 unspecified atom stereocenters. The summed E-state index contributed by atoms with van der Waals surface area (Å²) in [5, 5.41) is 0. The van der Waals surface area contributed by atoms with Crippen molar-refractivity contribution in [3.8, 4) is 0 Å². The lowest BCUT2D eigenvalue weighted by Gasteiger charge is -2.34. The molecule has 34 heavy (non-hydrogen) atoms. The van der Waals surface area contributed by atoms with Crippen molar-refractivity contribution in [2.24, 2.45) is 5.73 Å². The van der Waals surface area contributed by atoms with Gasteiger partial charge in [0.25, 0.3) is 17.7 Å². The van der Waals surface area contributed by atoms with Gasteiger partial charge in [-0.25, -0.2) is 0 Å². The summed E-state index contributed by atoms with van der Waals surface area (Å²) in [5.74, 6) is -1.68. The number of imide groups is 2. The van der Waals surface area contributed by atoms with E-state index in [0.29, 0.717) is 11.1 Å². The molecule has 0 radical (unpaired) electrons. The van der Waals surface area contributed by atoms with Crippen LogP contribution in [0.4, 0.5) is 0 Å². The van der Waals surface area contributed by atoms with Gasteiger partial charge in [0, 0.05) is 6.42 Å². The third-order valence-corrected chi connectivity index (χ3v) is 6.63. The Kier molecular flexibility index (Phi) is 7.53. The number of unbranched alkanes of at least 4 members (excludes halogenated alkanes) is 4. The van der Waals surface area contributed by atoms with E-state index < -0.39 is 23.8 Å². The van der Waals surface area contributed by atoms with E-state index in [-0.39, 0.29) is 25.3 Å². The second-order valence-corrected chi connectivity index (χ2v) is 9.02. The molecule has 1 atom stereocenters. The molecule has 178 valence electrons. The van der Waals surface area contributed by atoms with E-state index in [9.17, 15) is 19.2 Å². The number of benzene rings is 2. The predicted octanol–water partition coefficient (Wildman–Crippen LogP) is 3.45. The third kappa shape index (κ3) is 4.94. The number of fused-ring (bicyclic) bond motifs is 1. The highest BCUT2D eigenvalue weighted by Crippen LogP contribution is 2.30. The van der Waals surface area contributed by atoms with E-state index in [2.05, 4.69) is 0 Å². The van der Waals surface area contributed by atoms with E-state index in [4.69, 9.17) is 5.73 Å². The Morgan fingerprint density at radius 2 is 1.50 bits per heavy atom. The number of aryl methyl sites for hydroxylation is 1. The number of likely N-dealkylation sites (tertiary alicyclic amines) is 1. The van der Waals surface area contributed by atoms with Gasteiger partial charge in [-0.1, -0.05) is 55.7 Å². The summed E-state index contributed by atoms with van der Waals surface area (Å²) >= 11 is 0. The topological polar surface area (TPSA) is 101 Å². The maximum Gasteiger partial charge on any atom is 0.262 e. The average Bonchev–Trinajstić information content (AvgIpc) is 3.09. The number of amides is 4. The van der Waals surface area contributed by atoms with Crippen molar-refractivity contribution in [1.82, 2.24) is 9.80 Å². The Hall–Kier alpha value is -3.32. The largest absolute Gasteiger partial charge is 0.330 e. The van der Waals surface area contributed by atoms with E-state index in [0.717, 1.165) is 61.1 Å². The maximum atomic E-state index is 13.2. The highest BCUT2D eigenvalue weighted by atomic mass is 16.2. The molecule has 0 saturated carbocycles. The fraction of sp³-hybridized carbons (Fsp3) is 0.407. The van der Waals surface area contributed by atoms with Gasteiger partial charge in [0.05, 0.1) is 17.7 Å². The van der Waals surface area contributed by atoms with E-state index in [1.54, 1.807) is 12.1 Å². The Labute approximate surface area is 199 Å². The molecule has 0 bridgehead atoms. The average molecular weight is 462 g/mol. The first kappa shape index (κ1) is 23.8. The highest BCUT2D eigenvalue weighted by molar-refractivity contribution is 6.23. The molecule has 7 nitrogen and oxygen atoms in total.